The van der Waals surface area contributed by atoms with Gasteiger partial charge in [-0.05, 0) is 71.9 Å². The second kappa shape index (κ2) is 10.8. The van der Waals surface area contributed by atoms with Gasteiger partial charge in [-0.25, -0.2) is 0 Å². The van der Waals surface area contributed by atoms with Crippen molar-refractivity contribution in [3.8, 4) is 11.5 Å². The van der Waals surface area contributed by atoms with E-state index < -0.39 is 0 Å². The molecule has 3 rings (SSSR count). The van der Waals surface area contributed by atoms with Crippen molar-refractivity contribution in [2.24, 2.45) is 0 Å². The summed E-state index contributed by atoms with van der Waals surface area (Å²) in [6, 6.07) is 16.2. The number of methoxy groups -OCH3 is 1. The van der Waals surface area contributed by atoms with Gasteiger partial charge in [-0.1, -0.05) is 58.4 Å². The van der Waals surface area contributed by atoms with E-state index in [0.29, 0.717) is 6.61 Å². The molecule has 1 aromatic heterocycles. The van der Waals surface area contributed by atoms with Gasteiger partial charge in [-0.2, -0.15) is 0 Å². The Balaban J connectivity index is 1.78. The quantitative estimate of drug-likeness (QED) is 0.240. The van der Waals surface area contributed by atoms with Crippen molar-refractivity contribution >= 4 is 23.2 Å². The second-order valence-corrected chi connectivity index (χ2v) is 10.5. The molecule has 3 nitrogen and oxygen atoms in total. The van der Waals surface area contributed by atoms with E-state index in [0.717, 1.165) is 45.9 Å². The molecule has 0 unspecified atom stereocenters. The standard InChI is InChI=1S/C29H34O3S/c1-7-8-23-12-16-28(33-23)25(30)14-10-21-11-15-26(31-6)22(18-21)19-32-27-17-20(2)9-13-24(27)29(3,4)5/h9-18H,7-8,19H2,1-6H3/b14-10+. The monoisotopic (exact) mass is 462 g/mol. The third-order valence-electron chi connectivity index (χ3n) is 5.46. The molecule has 1 heterocycles. The van der Waals surface area contributed by atoms with Gasteiger partial charge in [0.15, 0.2) is 5.78 Å². The fourth-order valence-corrected chi connectivity index (χ4v) is 4.71. The molecule has 33 heavy (non-hydrogen) atoms. The van der Waals surface area contributed by atoms with E-state index in [1.807, 2.05) is 30.3 Å². The first-order valence-electron chi connectivity index (χ1n) is 11.4. The highest BCUT2D eigenvalue weighted by molar-refractivity contribution is 7.14. The molecule has 0 fully saturated rings. The summed E-state index contributed by atoms with van der Waals surface area (Å²) in [4.78, 5) is 14.6. The van der Waals surface area contributed by atoms with E-state index >= 15 is 0 Å². The summed E-state index contributed by atoms with van der Waals surface area (Å²) in [5, 5.41) is 0. The number of ketones is 1. The first-order chi connectivity index (χ1) is 15.7. The number of allylic oxidation sites excluding steroid dienone is 1. The van der Waals surface area contributed by atoms with Gasteiger partial charge in [-0.3, -0.25) is 4.79 Å². The number of ether oxygens (including phenoxy) is 2. The van der Waals surface area contributed by atoms with Gasteiger partial charge in [0.25, 0.3) is 0 Å². The van der Waals surface area contributed by atoms with Crippen LogP contribution in [0.15, 0.2) is 54.6 Å². The van der Waals surface area contributed by atoms with Crippen LogP contribution in [0, 0.1) is 6.92 Å². The number of carbonyl (C=O) groups is 1. The van der Waals surface area contributed by atoms with Crippen LogP contribution in [0.3, 0.4) is 0 Å². The Kier molecular flexibility index (Phi) is 8.15. The van der Waals surface area contributed by atoms with E-state index in [4.69, 9.17) is 9.47 Å². The van der Waals surface area contributed by atoms with E-state index in [-0.39, 0.29) is 11.2 Å². The molecule has 174 valence electrons. The molecule has 0 N–H and O–H groups in total. The zero-order valence-corrected chi connectivity index (χ0v) is 21.3. The minimum atomic E-state index is -0.0170. The van der Waals surface area contributed by atoms with Crippen molar-refractivity contribution in [1.29, 1.82) is 0 Å². The lowest BCUT2D eigenvalue weighted by molar-refractivity contribution is 0.105. The Bertz CT molecular complexity index is 1130. The van der Waals surface area contributed by atoms with Crippen molar-refractivity contribution < 1.29 is 14.3 Å². The average molecular weight is 463 g/mol. The van der Waals surface area contributed by atoms with Crippen molar-refractivity contribution in [3.05, 3.63) is 86.6 Å². The van der Waals surface area contributed by atoms with Gasteiger partial charge >= 0.3 is 0 Å². The molecule has 0 amide bonds. The fourth-order valence-electron chi connectivity index (χ4n) is 3.68. The minimum absolute atomic E-state index is 0.0170. The van der Waals surface area contributed by atoms with Gasteiger partial charge in [0.05, 0.1) is 12.0 Å². The van der Waals surface area contributed by atoms with Crippen LogP contribution in [-0.4, -0.2) is 12.9 Å². The van der Waals surface area contributed by atoms with E-state index in [9.17, 15) is 4.79 Å². The lowest BCUT2D eigenvalue weighted by atomic mass is 9.86. The van der Waals surface area contributed by atoms with Crippen LogP contribution in [0.2, 0.25) is 0 Å². The number of benzene rings is 2. The fraction of sp³-hybridized carbons (Fsp3) is 0.345. The maximum atomic E-state index is 12.6. The molecular weight excluding hydrogens is 428 g/mol. The van der Waals surface area contributed by atoms with Crippen LogP contribution >= 0.6 is 11.3 Å². The summed E-state index contributed by atoms with van der Waals surface area (Å²) in [7, 11) is 1.66. The summed E-state index contributed by atoms with van der Waals surface area (Å²) in [6.07, 6.45) is 5.60. The highest BCUT2D eigenvalue weighted by Crippen LogP contribution is 2.33. The molecule has 0 bridgehead atoms. The zero-order valence-electron chi connectivity index (χ0n) is 20.5. The van der Waals surface area contributed by atoms with Crippen LogP contribution < -0.4 is 9.47 Å². The van der Waals surface area contributed by atoms with Crippen molar-refractivity contribution in [2.45, 2.75) is 59.5 Å². The molecule has 0 radical (unpaired) electrons. The second-order valence-electron chi connectivity index (χ2n) is 9.32. The summed E-state index contributed by atoms with van der Waals surface area (Å²) < 4.78 is 11.8. The average Bonchev–Trinajstić information content (AvgIpc) is 3.24. The zero-order chi connectivity index (χ0) is 24.0. The molecule has 0 saturated heterocycles. The molecule has 3 aromatic rings. The molecule has 4 heteroatoms. The number of aryl methyl sites for hydroxylation is 2. The smallest absolute Gasteiger partial charge is 0.195 e. The minimum Gasteiger partial charge on any atom is -0.496 e. The van der Waals surface area contributed by atoms with Crippen LogP contribution in [0.25, 0.3) is 6.08 Å². The molecule has 2 aromatic carbocycles. The highest BCUT2D eigenvalue weighted by Gasteiger charge is 2.19. The van der Waals surface area contributed by atoms with Crippen LogP contribution in [0.1, 0.15) is 70.9 Å². The third kappa shape index (κ3) is 6.58. The number of thiophene rings is 1. The first kappa shape index (κ1) is 24.8. The third-order valence-corrected chi connectivity index (χ3v) is 6.62. The van der Waals surface area contributed by atoms with Crippen molar-refractivity contribution in [3.63, 3.8) is 0 Å². The molecule has 0 spiro atoms. The maximum absolute atomic E-state index is 12.6. The Hall–Kier alpha value is -2.85. The van der Waals surface area contributed by atoms with Crippen LogP contribution in [0.4, 0.5) is 0 Å². The maximum Gasteiger partial charge on any atom is 0.195 e. The number of rotatable bonds is 9. The van der Waals surface area contributed by atoms with Gasteiger partial charge < -0.3 is 9.47 Å². The molecule has 0 atom stereocenters. The Labute approximate surface area is 202 Å². The Morgan fingerprint density at radius 1 is 1.03 bits per heavy atom. The Morgan fingerprint density at radius 2 is 1.82 bits per heavy atom. The van der Waals surface area contributed by atoms with Crippen molar-refractivity contribution in [2.75, 3.05) is 7.11 Å². The lowest BCUT2D eigenvalue weighted by Gasteiger charge is -2.23. The van der Waals surface area contributed by atoms with E-state index in [1.165, 1.54) is 10.4 Å². The topological polar surface area (TPSA) is 35.5 Å². The highest BCUT2D eigenvalue weighted by atomic mass is 32.1. The lowest BCUT2D eigenvalue weighted by Crippen LogP contribution is -2.13. The van der Waals surface area contributed by atoms with Crippen LogP contribution in [-0.2, 0) is 18.4 Å². The summed E-state index contributed by atoms with van der Waals surface area (Å²) in [5.74, 6) is 1.69. The molecule has 0 aliphatic rings. The van der Waals surface area contributed by atoms with Gasteiger partial charge in [0, 0.05) is 10.4 Å². The predicted octanol–water partition coefficient (Wildman–Crippen LogP) is 7.79. The summed E-state index contributed by atoms with van der Waals surface area (Å²) >= 11 is 1.58. The Morgan fingerprint density at radius 3 is 2.52 bits per heavy atom. The molecule has 0 aliphatic carbocycles. The van der Waals surface area contributed by atoms with Crippen molar-refractivity contribution in [1.82, 2.24) is 0 Å². The van der Waals surface area contributed by atoms with Gasteiger partial charge in [-0.15, -0.1) is 11.3 Å². The molecular formula is C29H34O3S. The predicted molar refractivity (Wildman–Crippen MR) is 139 cm³/mol. The number of hydrogen-bond acceptors (Lipinski definition) is 4. The van der Waals surface area contributed by atoms with Crippen LogP contribution in [0.5, 0.6) is 11.5 Å². The summed E-state index contributed by atoms with van der Waals surface area (Å²) in [6.45, 7) is 11.2. The number of hydrogen-bond donors (Lipinski definition) is 0. The largest absolute Gasteiger partial charge is 0.496 e. The SMILES string of the molecule is CCCc1ccc(C(=O)/C=C/c2ccc(OC)c(COc3cc(C)ccc3C(C)(C)C)c2)s1. The van der Waals surface area contributed by atoms with E-state index in [2.05, 4.69) is 58.9 Å². The molecule has 0 saturated carbocycles. The number of carbonyl (C=O) groups excluding carboxylic acids is 1. The normalized spacial score (nSPS) is 11.7. The van der Waals surface area contributed by atoms with E-state index in [1.54, 1.807) is 24.5 Å². The van der Waals surface area contributed by atoms with Gasteiger partial charge in [0.1, 0.15) is 18.1 Å². The first-order valence-corrected chi connectivity index (χ1v) is 12.2. The summed E-state index contributed by atoms with van der Waals surface area (Å²) in [5.41, 5.74) is 4.20. The van der Waals surface area contributed by atoms with Gasteiger partial charge in [0.2, 0.25) is 0 Å². The molecule has 0 aliphatic heterocycles.